The summed E-state index contributed by atoms with van der Waals surface area (Å²) in [5.74, 6) is 1.80. The Kier molecular flexibility index (Phi) is 6.67. The number of aromatic nitrogens is 4. The van der Waals surface area contributed by atoms with Crippen molar-refractivity contribution in [2.24, 2.45) is 0 Å². The Labute approximate surface area is 266 Å². The van der Waals surface area contributed by atoms with E-state index in [-0.39, 0.29) is 0 Å². The van der Waals surface area contributed by atoms with Crippen molar-refractivity contribution >= 4 is 21.8 Å². The van der Waals surface area contributed by atoms with Crippen LogP contribution in [0.3, 0.4) is 0 Å². The summed E-state index contributed by atoms with van der Waals surface area (Å²) in [4.78, 5) is 15.0. The third-order valence-electron chi connectivity index (χ3n) is 8.36. The molecule has 0 amide bonds. The van der Waals surface area contributed by atoms with Crippen molar-refractivity contribution in [1.29, 1.82) is 5.26 Å². The van der Waals surface area contributed by atoms with Crippen LogP contribution in [-0.2, 0) is 0 Å². The lowest BCUT2D eigenvalue weighted by atomic mass is 9.97. The molecule has 0 radical (unpaired) electrons. The van der Waals surface area contributed by atoms with Crippen LogP contribution < -0.4 is 0 Å². The van der Waals surface area contributed by atoms with Crippen molar-refractivity contribution in [1.82, 2.24) is 19.5 Å². The summed E-state index contributed by atoms with van der Waals surface area (Å²) in [6.45, 7) is 2.13. The Balaban J connectivity index is 1.40. The molecule has 0 bridgehead atoms. The molecule has 8 aromatic rings. The van der Waals surface area contributed by atoms with Crippen molar-refractivity contribution in [2.75, 3.05) is 0 Å². The number of rotatable bonds is 5. The van der Waals surface area contributed by atoms with Gasteiger partial charge in [-0.2, -0.15) is 5.26 Å². The van der Waals surface area contributed by atoms with Gasteiger partial charge >= 0.3 is 0 Å². The van der Waals surface area contributed by atoms with E-state index in [2.05, 4.69) is 78.2 Å². The van der Waals surface area contributed by atoms with Crippen molar-refractivity contribution in [3.63, 3.8) is 0 Å². The first kappa shape index (κ1) is 27.2. The van der Waals surface area contributed by atoms with Gasteiger partial charge in [-0.1, -0.05) is 103 Å². The van der Waals surface area contributed by atoms with Gasteiger partial charge in [0, 0.05) is 33.2 Å². The molecule has 0 aliphatic rings. The maximum absolute atomic E-state index is 9.52. The Hall–Kier alpha value is -6.38. The lowest BCUT2D eigenvalue weighted by Crippen LogP contribution is -2.02. The summed E-state index contributed by atoms with van der Waals surface area (Å²) in [6.07, 6.45) is 0. The summed E-state index contributed by atoms with van der Waals surface area (Å²) in [5.41, 5.74) is 9.77. The number of nitriles is 1. The number of aryl methyl sites for hydroxylation is 1. The van der Waals surface area contributed by atoms with Gasteiger partial charge in [-0.3, -0.25) is 0 Å². The molecule has 6 aromatic carbocycles. The topological polar surface area (TPSA) is 67.4 Å². The zero-order chi connectivity index (χ0) is 31.0. The van der Waals surface area contributed by atoms with Crippen molar-refractivity contribution in [3.05, 3.63) is 157 Å². The SMILES string of the molecule is Cc1ccc2c3ccccc3n(-c3ccc(-c4nc(-c5ccccc5)nc(-c5ccccc5)n4)c(-c4ccc(C#N)cc4)c3)c2c1. The molecule has 2 heterocycles. The fourth-order valence-corrected chi connectivity index (χ4v) is 6.12. The summed E-state index contributed by atoms with van der Waals surface area (Å²) >= 11 is 0. The van der Waals surface area contributed by atoms with Crippen molar-refractivity contribution in [3.8, 4) is 57.0 Å². The quantitative estimate of drug-likeness (QED) is 0.200. The van der Waals surface area contributed by atoms with Gasteiger partial charge in [0.2, 0.25) is 0 Å². The van der Waals surface area contributed by atoms with Gasteiger partial charge in [0.25, 0.3) is 0 Å². The highest BCUT2D eigenvalue weighted by Gasteiger charge is 2.19. The summed E-state index contributed by atoms with van der Waals surface area (Å²) in [6, 6.07) is 51.6. The number of hydrogen-bond acceptors (Lipinski definition) is 4. The molecule has 46 heavy (non-hydrogen) atoms. The molecule has 2 aromatic heterocycles. The fourth-order valence-electron chi connectivity index (χ4n) is 6.12. The molecule has 216 valence electrons. The number of fused-ring (bicyclic) bond motifs is 3. The van der Waals surface area contributed by atoms with Crippen LogP contribution in [0.1, 0.15) is 11.1 Å². The third-order valence-corrected chi connectivity index (χ3v) is 8.36. The van der Waals surface area contributed by atoms with Gasteiger partial charge in [0.05, 0.1) is 22.7 Å². The second-order valence-corrected chi connectivity index (χ2v) is 11.3. The molecular formula is C41H27N5. The summed E-state index contributed by atoms with van der Waals surface area (Å²) in [7, 11) is 0. The minimum absolute atomic E-state index is 0.580. The summed E-state index contributed by atoms with van der Waals surface area (Å²) < 4.78 is 2.33. The fraction of sp³-hybridized carbons (Fsp3) is 0.0244. The van der Waals surface area contributed by atoms with Crippen LogP contribution in [0, 0.1) is 18.3 Å². The van der Waals surface area contributed by atoms with Gasteiger partial charge in [0.15, 0.2) is 17.5 Å². The molecule has 0 aliphatic heterocycles. The van der Waals surface area contributed by atoms with Crippen LogP contribution in [0.4, 0.5) is 0 Å². The second-order valence-electron chi connectivity index (χ2n) is 11.3. The minimum atomic E-state index is 0.580. The van der Waals surface area contributed by atoms with E-state index in [1.807, 2.05) is 84.9 Å². The lowest BCUT2D eigenvalue weighted by Gasteiger charge is -2.15. The molecule has 8 rings (SSSR count). The minimum Gasteiger partial charge on any atom is -0.309 e. The number of benzene rings is 6. The molecule has 0 atom stereocenters. The zero-order valence-corrected chi connectivity index (χ0v) is 25.1. The maximum Gasteiger partial charge on any atom is 0.164 e. The highest BCUT2D eigenvalue weighted by atomic mass is 15.0. The van der Waals surface area contributed by atoms with Gasteiger partial charge < -0.3 is 4.57 Å². The monoisotopic (exact) mass is 589 g/mol. The van der Waals surface area contributed by atoms with E-state index >= 15 is 0 Å². The predicted octanol–water partition coefficient (Wildman–Crippen LogP) is 9.82. The van der Waals surface area contributed by atoms with Crippen LogP contribution in [0.2, 0.25) is 0 Å². The lowest BCUT2D eigenvalue weighted by molar-refractivity contribution is 1.07. The molecular weight excluding hydrogens is 562 g/mol. The van der Waals surface area contributed by atoms with Crippen LogP contribution >= 0.6 is 0 Å². The molecule has 0 fully saturated rings. The van der Waals surface area contributed by atoms with E-state index < -0.39 is 0 Å². The Bertz CT molecular complexity index is 2360. The first-order valence-electron chi connectivity index (χ1n) is 15.2. The molecule has 0 unspecified atom stereocenters. The van der Waals surface area contributed by atoms with E-state index in [0.717, 1.165) is 44.5 Å². The Morgan fingerprint density at radius 1 is 0.500 bits per heavy atom. The van der Waals surface area contributed by atoms with E-state index in [1.165, 1.54) is 16.3 Å². The number of para-hydroxylation sites is 1. The van der Waals surface area contributed by atoms with E-state index in [1.54, 1.807) is 0 Å². The highest BCUT2D eigenvalue weighted by Crippen LogP contribution is 2.38. The van der Waals surface area contributed by atoms with Gasteiger partial charge in [-0.05, 0) is 66.1 Å². The van der Waals surface area contributed by atoms with E-state index in [4.69, 9.17) is 15.0 Å². The van der Waals surface area contributed by atoms with Crippen molar-refractivity contribution < 1.29 is 0 Å². The normalized spacial score (nSPS) is 11.1. The van der Waals surface area contributed by atoms with Crippen LogP contribution in [0.25, 0.3) is 72.8 Å². The highest BCUT2D eigenvalue weighted by molar-refractivity contribution is 6.09. The molecule has 0 saturated carbocycles. The first-order valence-corrected chi connectivity index (χ1v) is 15.2. The van der Waals surface area contributed by atoms with E-state index in [0.29, 0.717) is 23.0 Å². The molecule has 5 nitrogen and oxygen atoms in total. The van der Waals surface area contributed by atoms with Crippen LogP contribution in [0.5, 0.6) is 0 Å². The average molecular weight is 590 g/mol. The van der Waals surface area contributed by atoms with Gasteiger partial charge in [-0.25, -0.2) is 15.0 Å². The van der Waals surface area contributed by atoms with E-state index in [9.17, 15) is 5.26 Å². The molecule has 0 spiro atoms. The number of nitrogens with zero attached hydrogens (tertiary/aromatic N) is 5. The smallest absolute Gasteiger partial charge is 0.164 e. The average Bonchev–Trinajstić information content (AvgIpc) is 3.45. The molecule has 0 N–H and O–H groups in total. The van der Waals surface area contributed by atoms with Gasteiger partial charge in [0.1, 0.15) is 0 Å². The molecule has 0 saturated heterocycles. The summed E-state index contributed by atoms with van der Waals surface area (Å²) in [5, 5.41) is 11.9. The standard InChI is InChI=1S/C41H27N5/c1-27-16-22-34-33-14-8-9-15-37(33)46(38(34)24-27)32-21-23-35(36(25-32)29-19-17-28(26-42)18-20-29)41-44-39(30-10-4-2-5-11-30)43-40(45-41)31-12-6-3-7-13-31/h2-25H,1H3. The molecule has 0 aliphatic carbocycles. The largest absolute Gasteiger partial charge is 0.309 e. The first-order chi connectivity index (χ1) is 22.7. The van der Waals surface area contributed by atoms with Crippen molar-refractivity contribution in [2.45, 2.75) is 6.92 Å². The molecule has 5 heteroatoms. The maximum atomic E-state index is 9.52. The Morgan fingerprint density at radius 3 is 1.78 bits per heavy atom. The van der Waals surface area contributed by atoms with Gasteiger partial charge in [-0.15, -0.1) is 0 Å². The Morgan fingerprint density at radius 2 is 1.11 bits per heavy atom. The third kappa shape index (κ3) is 4.79. The van der Waals surface area contributed by atoms with Crippen LogP contribution in [0.15, 0.2) is 146 Å². The number of hydrogen-bond donors (Lipinski definition) is 0. The second kappa shape index (κ2) is 11.3. The van der Waals surface area contributed by atoms with Crippen LogP contribution in [-0.4, -0.2) is 19.5 Å². The zero-order valence-electron chi connectivity index (χ0n) is 25.1. The predicted molar refractivity (Wildman–Crippen MR) is 185 cm³/mol.